The van der Waals surface area contributed by atoms with Gasteiger partial charge in [-0.2, -0.15) is 0 Å². The van der Waals surface area contributed by atoms with Gasteiger partial charge in [-0.3, -0.25) is 0 Å². The van der Waals surface area contributed by atoms with Crippen molar-refractivity contribution in [3.63, 3.8) is 0 Å². The summed E-state index contributed by atoms with van der Waals surface area (Å²) < 4.78 is 31.1. The summed E-state index contributed by atoms with van der Waals surface area (Å²) in [6, 6.07) is 4.35. The molecule has 0 aliphatic rings. The van der Waals surface area contributed by atoms with Gasteiger partial charge in [0.25, 0.3) is 0 Å². The smallest absolute Gasteiger partial charge is 0.328 e. The van der Waals surface area contributed by atoms with Crippen LogP contribution in [0, 0.1) is 0 Å². The van der Waals surface area contributed by atoms with Crippen molar-refractivity contribution >= 4 is 22.1 Å². The number of ether oxygens (including phenoxy) is 1. The van der Waals surface area contributed by atoms with Crippen molar-refractivity contribution < 1.29 is 23.1 Å². The van der Waals surface area contributed by atoms with Gasteiger partial charge in [-0.1, -0.05) is 6.92 Å². The Labute approximate surface area is 124 Å². The third kappa shape index (κ3) is 4.30. The van der Waals surface area contributed by atoms with Crippen LogP contribution in [0.2, 0.25) is 0 Å². The van der Waals surface area contributed by atoms with E-state index in [1.807, 2.05) is 6.92 Å². The predicted octanol–water partition coefficient (Wildman–Crippen LogP) is 1.82. The van der Waals surface area contributed by atoms with Crippen molar-refractivity contribution in [2.24, 2.45) is 0 Å². The average molecular weight is 313 g/mol. The zero-order chi connectivity index (χ0) is 16.0. The van der Waals surface area contributed by atoms with Crippen LogP contribution in [0.4, 0.5) is 0 Å². The number of rotatable bonds is 7. The summed E-state index contributed by atoms with van der Waals surface area (Å²) in [5, 5.41) is 8.67. The van der Waals surface area contributed by atoms with Gasteiger partial charge in [0.2, 0.25) is 10.0 Å². The molecule has 0 amide bonds. The molecular weight excluding hydrogens is 294 g/mol. The summed E-state index contributed by atoms with van der Waals surface area (Å²) in [7, 11) is -0.646. The topological polar surface area (TPSA) is 83.9 Å². The number of carbonyl (C=O) groups is 1. The van der Waals surface area contributed by atoms with Crippen LogP contribution in [0.5, 0.6) is 5.75 Å². The quantitative estimate of drug-likeness (QED) is 0.776. The number of nitrogens with zero attached hydrogens (tertiary/aromatic N) is 1. The fourth-order valence-electron chi connectivity index (χ4n) is 1.78. The van der Waals surface area contributed by atoms with E-state index in [4.69, 9.17) is 9.84 Å². The molecule has 0 aliphatic heterocycles. The molecule has 0 fully saturated rings. The fourth-order valence-corrected chi connectivity index (χ4v) is 3.08. The van der Waals surface area contributed by atoms with Crippen molar-refractivity contribution in [1.82, 2.24) is 4.31 Å². The summed E-state index contributed by atoms with van der Waals surface area (Å²) in [4.78, 5) is 10.7. The molecule has 0 atom stereocenters. The summed E-state index contributed by atoms with van der Waals surface area (Å²) in [5.74, 6) is -0.710. The lowest BCUT2D eigenvalue weighted by molar-refractivity contribution is -0.131. The summed E-state index contributed by atoms with van der Waals surface area (Å²) in [6.07, 6.45) is 2.95. The number of carboxylic acids is 1. The molecule has 0 radical (unpaired) electrons. The van der Waals surface area contributed by atoms with Crippen LogP contribution < -0.4 is 4.74 Å². The van der Waals surface area contributed by atoms with Crippen molar-refractivity contribution in [2.75, 3.05) is 20.7 Å². The maximum absolute atomic E-state index is 12.4. The van der Waals surface area contributed by atoms with E-state index < -0.39 is 16.0 Å². The lowest BCUT2D eigenvalue weighted by Crippen LogP contribution is -2.27. The molecule has 6 nitrogen and oxygen atoms in total. The second-order valence-electron chi connectivity index (χ2n) is 4.40. The number of carboxylic acid groups (broad SMARTS) is 1. The average Bonchev–Trinajstić information content (AvgIpc) is 2.44. The summed E-state index contributed by atoms with van der Waals surface area (Å²) in [5.41, 5.74) is 0.394. The lowest BCUT2D eigenvalue weighted by atomic mass is 10.2. The Kier molecular flexibility index (Phi) is 5.92. The van der Waals surface area contributed by atoms with Crippen molar-refractivity contribution in [1.29, 1.82) is 0 Å². The standard InChI is InChI=1S/C14H19NO5S/c1-4-9-15(2)21(18,19)12-6-7-13(20-3)11(10-12)5-8-14(16)17/h5-8,10H,4,9H2,1-3H3,(H,16,17). The Morgan fingerprint density at radius 2 is 2.10 bits per heavy atom. The normalized spacial score (nSPS) is 12.0. The van der Waals surface area contributed by atoms with E-state index >= 15 is 0 Å². The van der Waals surface area contributed by atoms with E-state index in [2.05, 4.69) is 0 Å². The summed E-state index contributed by atoms with van der Waals surface area (Å²) >= 11 is 0. The van der Waals surface area contributed by atoms with Crippen LogP contribution >= 0.6 is 0 Å². The van der Waals surface area contributed by atoms with Crippen LogP contribution in [-0.4, -0.2) is 44.5 Å². The minimum Gasteiger partial charge on any atom is -0.496 e. The highest BCUT2D eigenvalue weighted by Gasteiger charge is 2.21. The van der Waals surface area contributed by atoms with Gasteiger partial charge < -0.3 is 9.84 Å². The predicted molar refractivity (Wildman–Crippen MR) is 79.8 cm³/mol. The number of sulfonamides is 1. The van der Waals surface area contributed by atoms with Crippen LogP contribution in [-0.2, 0) is 14.8 Å². The molecule has 0 bridgehead atoms. The Balaban J connectivity index is 3.27. The first-order valence-corrected chi connectivity index (χ1v) is 7.82. The number of hydrogen-bond acceptors (Lipinski definition) is 4. The first-order valence-electron chi connectivity index (χ1n) is 6.38. The maximum atomic E-state index is 12.4. The number of hydrogen-bond donors (Lipinski definition) is 1. The van der Waals surface area contributed by atoms with E-state index in [1.54, 1.807) is 0 Å². The van der Waals surface area contributed by atoms with Gasteiger partial charge in [-0.25, -0.2) is 17.5 Å². The third-order valence-corrected chi connectivity index (χ3v) is 4.71. The number of benzene rings is 1. The highest BCUT2D eigenvalue weighted by Crippen LogP contribution is 2.25. The monoisotopic (exact) mass is 313 g/mol. The Morgan fingerprint density at radius 1 is 1.43 bits per heavy atom. The molecule has 0 unspecified atom stereocenters. The molecule has 1 aromatic rings. The molecule has 1 N–H and O–H groups in total. The molecular formula is C14H19NO5S. The Morgan fingerprint density at radius 3 is 2.62 bits per heavy atom. The van der Waals surface area contributed by atoms with E-state index in [0.717, 1.165) is 6.08 Å². The molecule has 1 rings (SSSR count). The molecule has 1 aromatic carbocycles. The minimum absolute atomic E-state index is 0.101. The fraction of sp³-hybridized carbons (Fsp3) is 0.357. The molecule has 7 heteroatoms. The third-order valence-electron chi connectivity index (χ3n) is 2.85. The van der Waals surface area contributed by atoms with Crippen LogP contribution in [0.1, 0.15) is 18.9 Å². The Hall–Kier alpha value is -1.86. The SMILES string of the molecule is CCCN(C)S(=O)(=O)c1ccc(OC)c(C=CC(=O)O)c1. The van der Waals surface area contributed by atoms with Crippen molar-refractivity contribution in [2.45, 2.75) is 18.2 Å². The highest BCUT2D eigenvalue weighted by atomic mass is 32.2. The molecule has 0 aromatic heterocycles. The second-order valence-corrected chi connectivity index (χ2v) is 6.45. The number of aliphatic carboxylic acids is 1. The van der Waals surface area contributed by atoms with Crippen LogP contribution in [0.15, 0.2) is 29.2 Å². The van der Waals surface area contributed by atoms with E-state index in [-0.39, 0.29) is 4.90 Å². The highest BCUT2D eigenvalue weighted by molar-refractivity contribution is 7.89. The molecule has 0 saturated heterocycles. The van der Waals surface area contributed by atoms with Crippen molar-refractivity contribution in [3.8, 4) is 5.75 Å². The first-order chi connectivity index (χ1) is 9.82. The maximum Gasteiger partial charge on any atom is 0.328 e. The zero-order valence-corrected chi connectivity index (χ0v) is 13.1. The number of methoxy groups -OCH3 is 1. The van der Waals surface area contributed by atoms with Gasteiger partial charge in [0.05, 0.1) is 12.0 Å². The van der Waals surface area contributed by atoms with Gasteiger partial charge in [0.1, 0.15) is 5.75 Å². The summed E-state index contributed by atoms with van der Waals surface area (Å²) in [6.45, 7) is 2.30. The van der Waals surface area contributed by atoms with Crippen LogP contribution in [0.3, 0.4) is 0 Å². The molecule has 0 aliphatic carbocycles. The molecule has 116 valence electrons. The molecule has 0 heterocycles. The van der Waals surface area contributed by atoms with Gasteiger partial charge in [0, 0.05) is 25.2 Å². The largest absolute Gasteiger partial charge is 0.496 e. The van der Waals surface area contributed by atoms with Gasteiger partial charge in [0.15, 0.2) is 0 Å². The zero-order valence-electron chi connectivity index (χ0n) is 12.2. The van der Waals surface area contributed by atoms with E-state index in [9.17, 15) is 13.2 Å². The Bertz CT molecular complexity index is 637. The van der Waals surface area contributed by atoms with Crippen LogP contribution in [0.25, 0.3) is 6.08 Å². The molecule has 0 spiro atoms. The van der Waals surface area contributed by atoms with E-state index in [0.29, 0.717) is 24.3 Å². The minimum atomic E-state index is -3.59. The van der Waals surface area contributed by atoms with E-state index in [1.165, 1.54) is 42.7 Å². The molecule has 0 saturated carbocycles. The van der Waals surface area contributed by atoms with Gasteiger partial charge >= 0.3 is 5.97 Å². The first kappa shape index (κ1) is 17.2. The van der Waals surface area contributed by atoms with Gasteiger partial charge in [-0.05, 0) is 30.7 Å². The second kappa shape index (κ2) is 7.24. The van der Waals surface area contributed by atoms with Gasteiger partial charge in [-0.15, -0.1) is 0 Å². The van der Waals surface area contributed by atoms with Crippen molar-refractivity contribution in [3.05, 3.63) is 29.8 Å². The molecule has 21 heavy (non-hydrogen) atoms. The lowest BCUT2D eigenvalue weighted by Gasteiger charge is -2.17.